The second-order valence-corrected chi connectivity index (χ2v) is 7.71. The van der Waals surface area contributed by atoms with Gasteiger partial charge in [-0.3, -0.25) is 0 Å². The minimum Gasteiger partial charge on any atom is -0.463 e. The molecule has 0 N–H and O–H groups in total. The number of carbonyl (C=O) groups is 1. The van der Waals surface area contributed by atoms with Crippen LogP contribution in [0.3, 0.4) is 0 Å². The molecule has 0 aliphatic rings. The van der Waals surface area contributed by atoms with Gasteiger partial charge in [-0.25, -0.2) is 4.79 Å². The minimum atomic E-state index is -2.95. The summed E-state index contributed by atoms with van der Waals surface area (Å²) in [7, 11) is 1.86. The lowest BCUT2D eigenvalue weighted by Gasteiger charge is -2.29. The molecule has 148 valence electrons. The normalized spacial score (nSPS) is 12.0. The number of allylic oxidation sites excluding steroid dienone is 1. The second-order valence-electron chi connectivity index (χ2n) is 4.98. The third-order valence-corrected chi connectivity index (χ3v) is 5.90. The molecule has 0 saturated carbocycles. The van der Waals surface area contributed by atoms with Gasteiger partial charge in [-0.15, -0.1) is 0 Å². The van der Waals surface area contributed by atoms with Crippen molar-refractivity contribution in [3.63, 3.8) is 0 Å². The molecule has 0 aromatic rings. The van der Waals surface area contributed by atoms with E-state index < -0.39 is 8.80 Å². The van der Waals surface area contributed by atoms with E-state index in [4.69, 9.17) is 32.2 Å². The van der Waals surface area contributed by atoms with Gasteiger partial charge in [-0.05, 0) is 13.3 Å². The fraction of sp³-hybridized carbons (Fsp3) is 0.812. The molecule has 0 aromatic carbocycles. The first kappa shape index (κ1) is 24.2. The van der Waals surface area contributed by atoms with Gasteiger partial charge >= 0.3 is 14.8 Å². The van der Waals surface area contributed by atoms with E-state index in [1.54, 1.807) is 34.3 Å². The summed E-state index contributed by atoms with van der Waals surface area (Å²) in [6.07, 6.45) is 3.59. The van der Waals surface area contributed by atoms with Crippen LogP contribution in [0.15, 0.2) is 12.2 Å². The molecule has 0 heterocycles. The first-order valence-corrected chi connectivity index (χ1v) is 10.3. The predicted molar refractivity (Wildman–Crippen MR) is 94.4 cm³/mol. The Hall–Kier alpha value is -0.813. The number of carbonyl (C=O) groups excluding carboxylic acids is 1. The van der Waals surface area contributed by atoms with E-state index in [9.17, 15) is 4.79 Å². The summed E-state index contributed by atoms with van der Waals surface area (Å²) in [6.45, 7) is 4.43. The smallest absolute Gasteiger partial charge is 0.463 e. The van der Waals surface area contributed by atoms with Crippen LogP contribution in [0.4, 0.5) is 0 Å². The average molecular weight is 381 g/mol. The molecule has 9 heteroatoms. The van der Waals surface area contributed by atoms with Gasteiger partial charge < -0.3 is 32.2 Å². The number of hydrogen-bond donors (Lipinski definition) is 0. The van der Waals surface area contributed by atoms with Gasteiger partial charge in [-0.2, -0.15) is 0 Å². The van der Waals surface area contributed by atoms with Crippen molar-refractivity contribution < 1.29 is 37.0 Å². The molecule has 0 unspecified atom stereocenters. The molecule has 0 aromatic heterocycles. The fourth-order valence-corrected chi connectivity index (χ4v) is 4.27. The maximum atomic E-state index is 11.4. The molecule has 0 bridgehead atoms. The zero-order valence-corrected chi connectivity index (χ0v) is 16.8. The lowest BCUT2D eigenvalue weighted by molar-refractivity contribution is -0.137. The van der Waals surface area contributed by atoms with Gasteiger partial charge in [0.05, 0.1) is 46.2 Å². The highest BCUT2D eigenvalue weighted by Gasteiger charge is 2.40. The van der Waals surface area contributed by atoms with Crippen LogP contribution in [0.2, 0.25) is 6.04 Å². The van der Waals surface area contributed by atoms with Gasteiger partial charge in [0, 0.05) is 33.4 Å². The van der Waals surface area contributed by atoms with Crippen molar-refractivity contribution in [2.75, 3.05) is 67.6 Å². The van der Waals surface area contributed by atoms with E-state index in [0.29, 0.717) is 52.1 Å². The Bertz CT molecular complexity index is 324. The van der Waals surface area contributed by atoms with Gasteiger partial charge in [-0.1, -0.05) is 6.08 Å². The maximum Gasteiger partial charge on any atom is 0.501 e. The van der Waals surface area contributed by atoms with Gasteiger partial charge in [0.15, 0.2) is 0 Å². The van der Waals surface area contributed by atoms with Gasteiger partial charge in [0.25, 0.3) is 0 Å². The van der Waals surface area contributed by atoms with Crippen LogP contribution in [0, 0.1) is 0 Å². The summed E-state index contributed by atoms with van der Waals surface area (Å²) in [5.41, 5.74) is 0. The molecule has 0 aliphatic carbocycles. The summed E-state index contributed by atoms with van der Waals surface area (Å²) < 4.78 is 38.0. The largest absolute Gasteiger partial charge is 0.501 e. The zero-order chi connectivity index (χ0) is 18.8. The van der Waals surface area contributed by atoms with Crippen LogP contribution in [-0.2, 0) is 37.0 Å². The van der Waals surface area contributed by atoms with Crippen LogP contribution in [-0.4, -0.2) is 82.4 Å². The number of esters is 1. The average Bonchev–Trinajstić information content (AvgIpc) is 2.60. The Morgan fingerprint density at radius 3 is 1.68 bits per heavy atom. The van der Waals surface area contributed by atoms with E-state index in [-0.39, 0.29) is 12.6 Å². The molecule has 0 radical (unpaired) electrons. The first-order chi connectivity index (χ1) is 12.1. The summed E-state index contributed by atoms with van der Waals surface area (Å²) in [6, 6.07) is 0.521. The molecule has 0 atom stereocenters. The molecule has 8 nitrogen and oxygen atoms in total. The topological polar surface area (TPSA) is 81.7 Å². The van der Waals surface area contributed by atoms with Crippen molar-refractivity contribution in [2.45, 2.75) is 19.4 Å². The van der Waals surface area contributed by atoms with Crippen molar-refractivity contribution in [1.82, 2.24) is 0 Å². The van der Waals surface area contributed by atoms with Crippen LogP contribution < -0.4 is 0 Å². The summed E-state index contributed by atoms with van der Waals surface area (Å²) in [5, 5.41) is 0. The molecule has 0 saturated heterocycles. The third kappa shape index (κ3) is 13.1. The van der Waals surface area contributed by atoms with Crippen molar-refractivity contribution >= 4 is 14.8 Å². The second kappa shape index (κ2) is 16.6. The van der Waals surface area contributed by atoms with Crippen molar-refractivity contribution in [1.29, 1.82) is 0 Å². The van der Waals surface area contributed by atoms with Crippen LogP contribution >= 0.6 is 0 Å². The zero-order valence-electron chi connectivity index (χ0n) is 15.8. The van der Waals surface area contributed by atoms with Crippen LogP contribution in [0.25, 0.3) is 0 Å². The Labute approximate surface area is 151 Å². The lowest BCUT2D eigenvalue weighted by Crippen LogP contribution is -2.48. The van der Waals surface area contributed by atoms with Crippen LogP contribution in [0.5, 0.6) is 0 Å². The number of hydrogen-bond acceptors (Lipinski definition) is 8. The minimum absolute atomic E-state index is 0.271. The van der Waals surface area contributed by atoms with Crippen LogP contribution in [0.1, 0.15) is 13.3 Å². The highest BCUT2D eigenvalue weighted by atomic mass is 28.4. The fourth-order valence-electron chi connectivity index (χ4n) is 1.83. The number of rotatable bonds is 17. The molecule has 25 heavy (non-hydrogen) atoms. The quantitative estimate of drug-likeness (QED) is 0.162. The molecular formula is C16H32O8Si. The Balaban J connectivity index is 4.65. The SMILES string of the molecule is CC=CC(=O)OCCC[Si](OCCOC)(OCCOC)OCCOC. The Morgan fingerprint density at radius 2 is 1.28 bits per heavy atom. The van der Waals surface area contributed by atoms with Crippen molar-refractivity contribution in [3.05, 3.63) is 12.2 Å². The lowest BCUT2D eigenvalue weighted by atomic mass is 10.5. The van der Waals surface area contributed by atoms with Crippen molar-refractivity contribution in [2.24, 2.45) is 0 Å². The van der Waals surface area contributed by atoms with E-state index in [2.05, 4.69) is 0 Å². The van der Waals surface area contributed by atoms with Gasteiger partial charge in [0.2, 0.25) is 0 Å². The van der Waals surface area contributed by atoms with E-state index in [1.165, 1.54) is 6.08 Å². The maximum absolute atomic E-state index is 11.4. The number of ether oxygens (including phenoxy) is 4. The highest BCUT2D eigenvalue weighted by molar-refractivity contribution is 6.60. The summed E-state index contributed by atoms with van der Waals surface area (Å²) in [4.78, 5) is 11.4. The molecule has 0 amide bonds. The number of methoxy groups -OCH3 is 3. The van der Waals surface area contributed by atoms with Gasteiger partial charge in [0.1, 0.15) is 0 Å². The van der Waals surface area contributed by atoms with Crippen molar-refractivity contribution in [3.8, 4) is 0 Å². The molecule has 0 fully saturated rings. The van der Waals surface area contributed by atoms with E-state index in [0.717, 1.165) is 0 Å². The van der Waals surface area contributed by atoms with E-state index in [1.807, 2.05) is 0 Å². The molecule has 0 spiro atoms. The molecule has 0 aliphatic heterocycles. The van der Waals surface area contributed by atoms with E-state index >= 15 is 0 Å². The Morgan fingerprint density at radius 1 is 0.800 bits per heavy atom. The first-order valence-electron chi connectivity index (χ1n) is 8.32. The summed E-state index contributed by atoms with van der Waals surface area (Å²) in [5.74, 6) is -0.365. The molecular weight excluding hydrogens is 348 g/mol. The predicted octanol–water partition coefficient (Wildman–Crippen LogP) is 1.42. The Kier molecular flexibility index (Phi) is 16.1. The standard InChI is InChI=1S/C16H32O8Si/c1-5-7-16(17)21-8-6-15-25(22-12-9-18-2,23-13-10-19-3)24-14-11-20-4/h5,7H,6,8-15H2,1-4H3. The third-order valence-electron chi connectivity index (χ3n) is 3.00. The monoisotopic (exact) mass is 380 g/mol. The summed E-state index contributed by atoms with van der Waals surface area (Å²) >= 11 is 0. The highest BCUT2D eigenvalue weighted by Crippen LogP contribution is 2.18. The molecule has 0 rings (SSSR count).